The van der Waals surface area contributed by atoms with E-state index < -0.39 is 4.75 Å². The minimum atomic E-state index is -0.395. The van der Waals surface area contributed by atoms with E-state index in [4.69, 9.17) is 5.21 Å². The van der Waals surface area contributed by atoms with Crippen molar-refractivity contribution in [3.8, 4) is 0 Å². The molecule has 3 aromatic carbocycles. The molecule has 0 heterocycles. The third-order valence-corrected chi connectivity index (χ3v) is 5.77. The van der Waals surface area contributed by atoms with Gasteiger partial charge in [-0.1, -0.05) is 96.2 Å². The van der Waals surface area contributed by atoms with Crippen LogP contribution in [0.4, 0.5) is 0 Å². The molecule has 0 aliphatic rings. The fourth-order valence-corrected chi connectivity index (χ4v) is 4.27. The zero-order valence-corrected chi connectivity index (χ0v) is 15.4. The molecule has 0 aromatic heterocycles. The van der Waals surface area contributed by atoms with Gasteiger partial charge in [0.15, 0.2) is 0 Å². The van der Waals surface area contributed by atoms with E-state index in [0.717, 1.165) is 5.57 Å². The van der Waals surface area contributed by atoms with E-state index in [0.29, 0.717) is 0 Å². The Balaban J connectivity index is 2.26. The molecule has 0 spiro atoms. The van der Waals surface area contributed by atoms with E-state index >= 15 is 0 Å². The van der Waals surface area contributed by atoms with Crippen molar-refractivity contribution in [1.29, 1.82) is 0 Å². The molecule has 3 aromatic rings. The maximum Gasteiger partial charge on any atom is 0.0948 e. The van der Waals surface area contributed by atoms with Gasteiger partial charge in [0.25, 0.3) is 0 Å². The highest BCUT2D eigenvalue weighted by atomic mass is 32.2. The summed E-state index contributed by atoms with van der Waals surface area (Å²) in [7, 11) is 0. The highest BCUT2D eigenvalue weighted by molar-refractivity contribution is 8.03. The van der Waals surface area contributed by atoms with Gasteiger partial charge in [0.2, 0.25) is 0 Å². The van der Waals surface area contributed by atoms with Crippen molar-refractivity contribution >= 4 is 18.0 Å². The minimum absolute atomic E-state index is 0.395. The molecule has 0 aliphatic carbocycles. The van der Waals surface area contributed by atoms with Gasteiger partial charge < -0.3 is 5.21 Å². The Morgan fingerprint density at radius 1 is 0.769 bits per heavy atom. The van der Waals surface area contributed by atoms with Crippen LogP contribution >= 0.6 is 11.8 Å². The number of rotatable bonds is 6. The van der Waals surface area contributed by atoms with E-state index in [-0.39, 0.29) is 0 Å². The third-order valence-electron chi connectivity index (χ3n) is 4.22. The minimum Gasteiger partial charge on any atom is -0.411 e. The number of oxime groups is 1. The molecule has 2 nitrogen and oxygen atoms in total. The average Bonchev–Trinajstić information content (AvgIpc) is 2.71. The standard InChI is InChI=1S/C23H21NOS/c1-19(17-24-25)18-26-23(20-11-5-2-6-12-20,21-13-7-3-8-14-21)22-15-9-4-10-16-22/h2-18,25H,1H3/b19-18+,24-17+. The van der Waals surface area contributed by atoms with Gasteiger partial charge in [-0.25, -0.2) is 0 Å². The first-order valence-corrected chi connectivity index (χ1v) is 9.34. The van der Waals surface area contributed by atoms with Gasteiger partial charge in [0.05, 0.1) is 11.0 Å². The molecule has 1 N–H and O–H groups in total. The molecule has 3 heteroatoms. The average molecular weight is 359 g/mol. The predicted octanol–water partition coefficient (Wildman–Crippen LogP) is 6.08. The van der Waals surface area contributed by atoms with E-state index in [1.54, 1.807) is 11.8 Å². The summed E-state index contributed by atoms with van der Waals surface area (Å²) in [6, 6.07) is 31.5. The first-order valence-electron chi connectivity index (χ1n) is 8.46. The quantitative estimate of drug-likeness (QED) is 0.250. The maximum atomic E-state index is 8.84. The largest absolute Gasteiger partial charge is 0.411 e. The topological polar surface area (TPSA) is 32.6 Å². The molecule has 0 saturated heterocycles. The third kappa shape index (κ3) is 3.73. The van der Waals surface area contributed by atoms with Crippen LogP contribution < -0.4 is 0 Å². The zero-order chi connectivity index (χ0) is 18.2. The van der Waals surface area contributed by atoms with Crippen LogP contribution in [0, 0.1) is 0 Å². The van der Waals surface area contributed by atoms with Crippen LogP contribution in [0.15, 0.2) is 107 Å². The molecule has 0 bridgehead atoms. The van der Waals surface area contributed by atoms with Crippen LogP contribution in [0.5, 0.6) is 0 Å². The summed E-state index contributed by atoms with van der Waals surface area (Å²) in [6.07, 6.45) is 1.46. The van der Waals surface area contributed by atoms with Gasteiger partial charge in [-0.15, -0.1) is 11.8 Å². The summed E-state index contributed by atoms with van der Waals surface area (Å²) < 4.78 is -0.395. The van der Waals surface area contributed by atoms with Gasteiger partial charge in [0.1, 0.15) is 0 Å². The molecule has 0 atom stereocenters. The van der Waals surface area contributed by atoms with Gasteiger partial charge in [0, 0.05) is 0 Å². The number of nitrogens with zero attached hydrogens (tertiary/aromatic N) is 1. The van der Waals surface area contributed by atoms with Crippen molar-refractivity contribution in [3.63, 3.8) is 0 Å². The van der Waals surface area contributed by atoms with Crippen LogP contribution in [-0.2, 0) is 4.75 Å². The molecular formula is C23H21NOS. The Labute approximate surface area is 158 Å². The van der Waals surface area contributed by atoms with Gasteiger partial charge in [-0.05, 0) is 34.6 Å². The molecule has 26 heavy (non-hydrogen) atoms. The van der Waals surface area contributed by atoms with E-state index in [1.165, 1.54) is 22.9 Å². The smallest absolute Gasteiger partial charge is 0.0948 e. The fourth-order valence-electron chi connectivity index (χ4n) is 3.03. The van der Waals surface area contributed by atoms with E-state index in [9.17, 15) is 0 Å². The Hall–Kier alpha value is -2.78. The molecule has 0 aliphatic heterocycles. The highest BCUT2D eigenvalue weighted by Gasteiger charge is 2.36. The van der Waals surface area contributed by atoms with Crippen LogP contribution in [0.1, 0.15) is 23.6 Å². The molecule has 0 unspecified atom stereocenters. The molecule has 3 rings (SSSR count). The predicted molar refractivity (Wildman–Crippen MR) is 111 cm³/mol. The van der Waals surface area contributed by atoms with Crippen molar-refractivity contribution in [3.05, 3.63) is 119 Å². The summed E-state index contributed by atoms with van der Waals surface area (Å²) in [4.78, 5) is 0. The molecule has 0 radical (unpaired) electrons. The molecule has 0 amide bonds. The van der Waals surface area contributed by atoms with Crippen molar-refractivity contribution in [2.45, 2.75) is 11.7 Å². The van der Waals surface area contributed by atoms with Crippen LogP contribution in [0.2, 0.25) is 0 Å². The zero-order valence-electron chi connectivity index (χ0n) is 14.6. The second-order valence-electron chi connectivity index (χ2n) is 6.00. The van der Waals surface area contributed by atoms with E-state index in [1.807, 2.05) is 30.5 Å². The fraction of sp³-hybridized carbons (Fsp3) is 0.0870. The van der Waals surface area contributed by atoms with Gasteiger partial charge >= 0.3 is 0 Å². The highest BCUT2D eigenvalue weighted by Crippen LogP contribution is 2.49. The number of hydrogen-bond acceptors (Lipinski definition) is 3. The summed E-state index contributed by atoms with van der Waals surface area (Å²) >= 11 is 1.71. The summed E-state index contributed by atoms with van der Waals surface area (Å²) in [5, 5.41) is 14.0. The summed E-state index contributed by atoms with van der Waals surface area (Å²) in [6.45, 7) is 1.93. The summed E-state index contributed by atoms with van der Waals surface area (Å²) in [5.74, 6) is 0. The van der Waals surface area contributed by atoms with Crippen LogP contribution in [0.3, 0.4) is 0 Å². The first-order chi connectivity index (χ1) is 12.8. The Morgan fingerprint density at radius 3 is 1.50 bits per heavy atom. The van der Waals surface area contributed by atoms with Crippen LogP contribution in [0.25, 0.3) is 0 Å². The van der Waals surface area contributed by atoms with Crippen molar-refractivity contribution in [2.75, 3.05) is 0 Å². The van der Waals surface area contributed by atoms with Gasteiger partial charge in [-0.2, -0.15) is 0 Å². The lowest BCUT2D eigenvalue weighted by atomic mass is 9.84. The second-order valence-corrected chi connectivity index (χ2v) is 7.09. The molecule has 0 saturated carbocycles. The SMILES string of the molecule is CC(/C=N/O)=C\SC(c1ccccc1)(c1ccccc1)c1ccccc1. The Bertz CT molecular complexity index is 777. The molecule has 0 fully saturated rings. The number of benzene rings is 3. The van der Waals surface area contributed by atoms with Crippen molar-refractivity contribution in [1.82, 2.24) is 0 Å². The van der Waals surface area contributed by atoms with Gasteiger partial charge in [-0.3, -0.25) is 0 Å². The summed E-state index contributed by atoms with van der Waals surface area (Å²) in [5.41, 5.74) is 4.50. The van der Waals surface area contributed by atoms with Crippen molar-refractivity contribution < 1.29 is 5.21 Å². The monoisotopic (exact) mass is 359 g/mol. The normalized spacial score (nSPS) is 12.4. The van der Waals surface area contributed by atoms with Crippen LogP contribution in [-0.4, -0.2) is 11.4 Å². The maximum absolute atomic E-state index is 8.84. The molecular weight excluding hydrogens is 338 g/mol. The Kier molecular flexibility index (Phi) is 5.92. The lowest BCUT2D eigenvalue weighted by Gasteiger charge is -2.34. The molecule has 130 valence electrons. The number of thioether (sulfide) groups is 1. The lowest BCUT2D eigenvalue weighted by Crippen LogP contribution is -2.24. The first kappa shape index (κ1) is 18.0. The van der Waals surface area contributed by atoms with E-state index in [2.05, 4.69) is 78.0 Å². The second kappa shape index (κ2) is 8.54. The van der Waals surface area contributed by atoms with Crippen molar-refractivity contribution in [2.24, 2.45) is 5.16 Å². The number of hydrogen-bond donors (Lipinski definition) is 1. The number of allylic oxidation sites excluding steroid dienone is 1. The lowest BCUT2D eigenvalue weighted by molar-refractivity contribution is 0.321. The Morgan fingerprint density at radius 2 is 1.15 bits per heavy atom.